The van der Waals surface area contributed by atoms with Crippen molar-refractivity contribution < 1.29 is 18.3 Å². The summed E-state index contributed by atoms with van der Waals surface area (Å²) >= 11 is 0.874. The van der Waals surface area contributed by atoms with Crippen molar-refractivity contribution in [3.8, 4) is 0 Å². The Balaban J connectivity index is 2.29. The van der Waals surface area contributed by atoms with Gasteiger partial charge in [-0.05, 0) is 24.3 Å². The number of carboxylic acids is 1. The van der Waals surface area contributed by atoms with Crippen molar-refractivity contribution in [3.63, 3.8) is 0 Å². The van der Waals surface area contributed by atoms with E-state index in [4.69, 9.17) is 16.6 Å². The molecule has 0 fully saturated rings. The zero-order valence-corrected chi connectivity index (χ0v) is 12.6. The summed E-state index contributed by atoms with van der Waals surface area (Å²) in [6.07, 6.45) is 0. The van der Waals surface area contributed by atoms with Crippen molar-refractivity contribution in [1.82, 2.24) is 4.98 Å². The molecule has 116 valence electrons. The standard InChI is InChI=1S/C11H11N5O4S2/c12-11(13)15-6-1-3-7(4-2-6)22(19,20)16-9-8(10(17)18)14-5-21-9/h1-5,16H,(H,17,18)(H4,12,13,15). The third-order valence-electron chi connectivity index (χ3n) is 2.40. The van der Waals surface area contributed by atoms with Crippen molar-refractivity contribution in [2.24, 2.45) is 16.5 Å². The first-order valence-corrected chi connectivity index (χ1v) is 8.05. The van der Waals surface area contributed by atoms with E-state index < -0.39 is 16.0 Å². The maximum absolute atomic E-state index is 12.2. The molecule has 0 spiro atoms. The maximum Gasteiger partial charge on any atom is 0.357 e. The summed E-state index contributed by atoms with van der Waals surface area (Å²) in [6.45, 7) is 0. The first-order chi connectivity index (χ1) is 10.3. The average molecular weight is 341 g/mol. The molecule has 0 aliphatic heterocycles. The van der Waals surface area contributed by atoms with E-state index in [0.717, 1.165) is 11.3 Å². The second kappa shape index (κ2) is 5.99. The van der Waals surface area contributed by atoms with E-state index in [1.807, 2.05) is 0 Å². The van der Waals surface area contributed by atoms with Crippen molar-refractivity contribution in [3.05, 3.63) is 35.5 Å². The highest BCUT2D eigenvalue weighted by Gasteiger charge is 2.20. The second-order valence-electron chi connectivity index (χ2n) is 3.97. The van der Waals surface area contributed by atoms with Crippen molar-refractivity contribution in [1.29, 1.82) is 0 Å². The highest BCUT2D eigenvalue weighted by molar-refractivity contribution is 7.93. The Morgan fingerprint density at radius 2 is 1.91 bits per heavy atom. The fraction of sp³-hybridized carbons (Fsp3) is 0. The molecule has 11 heteroatoms. The number of nitrogens with one attached hydrogen (secondary N) is 1. The lowest BCUT2D eigenvalue weighted by Crippen LogP contribution is -2.21. The molecule has 1 aromatic carbocycles. The van der Waals surface area contributed by atoms with Crippen LogP contribution in [0.2, 0.25) is 0 Å². The van der Waals surface area contributed by atoms with Gasteiger partial charge in [0.1, 0.15) is 5.00 Å². The smallest absolute Gasteiger partial charge is 0.357 e. The minimum atomic E-state index is -3.94. The number of nitrogens with two attached hydrogens (primary N) is 2. The summed E-state index contributed by atoms with van der Waals surface area (Å²) in [4.78, 5) is 18.2. The Kier molecular flexibility index (Phi) is 4.28. The number of thiazole rings is 1. The van der Waals surface area contributed by atoms with Crippen LogP contribution in [0.4, 0.5) is 10.7 Å². The molecule has 1 aromatic heterocycles. The largest absolute Gasteiger partial charge is 0.476 e. The third-order valence-corrected chi connectivity index (χ3v) is 4.64. The van der Waals surface area contributed by atoms with Crippen LogP contribution in [-0.2, 0) is 10.0 Å². The Morgan fingerprint density at radius 1 is 1.27 bits per heavy atom. The lowest BCUT2D eigenvalue weighted by molar-refractivity contribution is 0.0692. The number of benzene rings is 1. The lowest BCUT2D eigenvalue weighted by Gasteiger charge is -2.06. The number of nitrogens with zero attached hydrogens (tertiary/aromatic N) is 2. The van der Waals surface area contributed by atoms with Gasteiger partial charge in [-0.15, -0.1) is 11.3 Å². The van der Waals surface area contributed by atoms with Gasteiger partial charge in [0.25, 0.3) is 10.0 Å². The molecular formula is C11H11N5O4S2. The first-order valence-electron chi connectivity index (χ1n) is 5.69. The van der Waals surface area contributed by atoms with E-state index >= 15 is 0 Å². The number of sulfonamides is 1. The molecule has 1 heterocycles. The fourth-order valence-electron chi connectivity index (χ4n) is 1.50. The zero-order chi connectivity index (χ0) is 16.3. The molecule has 0 unspecified atom stereocenters. The molecule has 0 atom stereocenters. The zero-order valence-electron chi connectivity index (χ0n) is 10.9. The molecule has 0 radical (unpaired) electrons. The minimum Gasteiger partial charge on any atom is -0.476 e. The van der Waals surface area contributed by atoms with Gasteiger partial charge >= 0.3 is 5.97 Å². The SMILES string of the molecule is NC(N)=Nc1ccc(S(=O)(=O)Nc2scnc2C(=O)O)cc1. The number of aliphatic imine (C=N–C) groups is 1. The van der Waals surface area contributed by atoms with Crippen LogP contribution in [0.5, 0.6) is 0 Å². The number of aromatic nitrogens is 1. The predicted molar refractivity (Wildman–Crippen MR) is 81.8 cm³/mol. The van der Waals surface area contributed by atoms with E-state index in [0.29, 0.717) is 5.69 Å². The number of rotatable bonds is 5. The Bertz CT molecular complexity index is 822. The number of aromatic carboxylic acids is 1. The molecule has 22 heavy (non-hydrogen) atoms. The van der Waals surface area contributed by atoms with Gasteiger partial charge < -0.3 is 16.6 Å². The average Bonchev–Trinajstić information content (AvgIpc) is 2.86. The van der Waals surface area contributed by atoms with Crippen LogP contribution in [0.3, 0.4) is 0 Å². The van der Waals surface area contributed by atoms with Crippen LogP contribution in [0.15, 0.2) is 39.7 Å². The molecule has 2 rings (SSSR count). The maximum atomic E-state index is 12.2. The van der Waals surface area contributed by atoms with E-state index in [1.165, 1.54) is 29.8 Å². The summed E-state index contributed by atoms with van der Waals surface area (Å²) in [7, 11) is -3.94. The van der Waals surface area contributed by atoms with Crippen LogP contribution >= 0.6 is 11.3 Å². The van der Waals surface area contributed by atoms with Crippen LogP contribution in [-0.4, -0.2) is 30.4 Å². The summed E-state index contributed by atoms with van der Waals surface area (Å²) in [5.41, 5.74) is 11.7. The van der Waals surface area contributed by atoms with Gasteiger partial charge in [0.05, 0.1) is 16.1 Å². The summed E-state index contributed by atoms with van der Waals surface area (Å²) in [6, 6.07) is 5.43. The molecule has 0 saturated carbocycles. The van der Waals surface area contributed by atoms with Gasteiger partial charge in [-0.1, -0.05) is 0 Å². The molecule has 0 saturated heterocycles. The summed E-state index contributed by atoms with van der Waals surface area (Å²) in [5.74, 6) is -1.47. The summed E-state index contributed by atoms with van der Waals surface area (Å²) < 4.78 is 26.6. The molecule has 9 nitrogen and oxygen atoms in total. The van der Waals surface area contributed by atoms with Gasteiger partial charge in [-0.2, -0.15) is 0 Å². The molecule has 2 aromatic rings. The molecule has 0 bridgehead atoms. The summed E-state index contributed by atoms with van der Waals surface area (Å²) in [5, 5.41) is 8.84. The molecule has 0 amide bonds. The quantitative estimate of drug-likeness (QED) is 0.456. The van der Waals surface area contributed by atoms with Crippen molar-refractivity contribution >= 4 is 44.0 Å². The van der Waals surface area contributed by atoms with E-state index in [9.17, 15) is 13.2 Å². The van der Waals surface area contributed by atoms with Crippen LogP contribution in [0.25, 0.3) is 0 Å². The molecular weight excluding hydrogens is 330 g/mol. The molecule has 0 aliphatic carbocycles. The van der Waals surface area contributed by atoms with Gasteiger partial charge in [-0.3, -0.25) is 4.72 Å². The lowest BCUT2D eigenvalue weighted by atomic mass is 10.3. The van der Waals surface area contributed by atoms with E-state index in [2.05, 4.69) is 14.7 Å². The van der Waals surface area contributed by atoms with Crippen LogP contribution < -0.4 is 16.2 Å². The number of carbonyl (C=O) groups is 1. The minimum absolute atomic E-state index is 0.0632. The van der Waals surface area contributed by atoms with E-state index in [1.54, 1.807) is 0 Å². The van der Waals surface area contributed by atoms with Crippen LogP contribution in [0, 0.1) is 0 Å². The second-order valence-corrected chi connectivity index (χ2v) is 6.51. The van der Waals surface area contributed by atoms with Crippen molar-refractivity contribution in [2.75, 3.05) is 4.72 Å². The number of carboxylic acid groups (broad SMARTS) is 1. The molecule has 6 N–H and O–H groups in total. The topological polar surface area (TPSA) is 161 Å². The Morgan fingerprint density at radius 3 is 2.45 bits per heavy atom. The number of guanidine groups is 1. The Labute approximate surface area is 129 Å². The highest BCUT2D eigenvalue weighted by Crippen LogP contribution is 2.25. The molecule has 0 aliphatic rings. The van der Waals surface area contributed by atoms with E-state index in [-0.39, 0.29) is 21.6 Å². The van der Waals surface area contributed by atoms with Gasteiger partial charge in [-0.25, -0.2) is 23.2 Å². The number of hydrogen-bond donors (Lipinski definition) is 4. The predicted octanol–water partition coefficient (Wildman–Crippen LogP) is 0.547. The highest BCUT2D eigenvalue weighted by atomic mass is 32.2. The third kappa shape index (κ3) is 3.51. The van der Waals surface area contributed by atoms with Gasteiger partial charge in [0.2, 0.25) is 0 Å². The Hall–Kier alpha value is -2.66. The van der Waals surface area contributed by atoms with Crippen molar-refractivity contribution in [2.45, 2.75) is 4.90 Å². The number of hydrogen-bond acceptors (Lipinski definition) is 6. The first kappa shape index (κ1) is 15.7. The number of anilines is 1. The van der Waals surface area contributed by atoms with Crippen LogP contribution in [0.1, 0.15) is 10.5 Å². The normalized spacial score (nSPS) is 10.9. The fourth-order valence-corrected chi connectivity index (χ4v) is 3.49. The monoisotopic (exact) mass is 341 g/mol. The van der Waals surface area contributed by atoms with Gasteiger partial charge in [0, 0.05) is 0 Å². The van der Waals surface area contributed by atoms with Gasteiger partial charge in [0.15, 0.2) is 11.7 Å².